The molecule has 32 heavy (non-hydrogen) atoms. The molecule has 3 aromatic rings. The Morgan fingerprint density at radius 2 is 1.94 bits per heavy atom. The third-order valence-corrected chi connectivity index (χ3v) is 6.53. The van der Waals surface area contributed by atoms with Crippen molar-refractivity contribution in [3.8, 4) is 16.9 Å². The number of thiophene rings is 1. The van der Waals surface area contributed by atoms with Crippen LogP contribution in [-0.4, -0.2) is 43.1 Å². The Kier molecular flexibility index (Phi) is 6.90. The first kappa shape index (κ1) is 22.1. The van der Waals surface area contributed by atoms with Gasteiger partial charge in [0.1, 0.15) is 5.75 Å². The third kappa shape index (κ3) is 5.02. The van der Waals surface area contributed by atoms with E-state index in [1.54, 1.807) is 18.3 Å². The fraction of sp³-hybridized carbons (Fsp3) is 0.308. The molecule has 6 heteroatoms. The molecular formula is C26H27NO4S. The van der Waals surface area contributed by atoms with Crippen LogP contribution in [0.1, 0.15) is 41.6 Å². The van der Waals surface area contributed by atoms with Gasteiger partial charge in [-0.2, -0.15) is 11.3 Å². The number of carbonyl (C=O) groups is 2. The summed E-state index contributed by atoms with van der Waals surface area (Å²) in [6.07, 6.45) is 1.29. The van der Waals surface area contributed by atoms with Gasteiger partial charge in [-0.05, 0) is 77.5 Å². The second-order valence-electron chi connectivity index (χ2n) is 8.04. The highest BCUT2D eigenvalue weighted by Gasteiger charge is 2.26. The van der Waals surface area contributed by atoms with Crippen LogP contribution in [-0.2, 0) is 9.53 Å². The summed E-state index contributed by atoms with van der Waals surface area (Å²) in [4.78, 5) is 26.9. The summed E-state index contributed by atoms with van der Waals surface area (Å²) >= 11 is 1.65. The Hall–Kier alpha value is -3.12. The molecule has 166 valence electrons. The normalized spacial score (nSPS) is 16.9. The first-order valence-corrected chi connectivity index (χ1v) is 11.8. The Bertz CT molecular complexity index is 1080. The monoisotopic (exact) mass is 449 g/mol. The zero-order valence-electron chi connectivity index (χ0n) is 18.3. The molecule has 2 unspecified atom stereocenters. The maximum atomic E-state index is 13.3. The van der Waals surface area contributed by atoms with Gasteiger partial charge in [0.05, 0.1) is 7.11 Å². The first-order valence-electron chi connectivity index (χ1n) is 10.8. The van der Waals surface area contributed by atoms with Crippen molar-refractivity contribution in [1.29, 1.82) is 0 Å². The fourth-order valence-corrected chi connectivity index (χ4v) is 4.80. The van der Waals surface area contributed by atoms with Gasteiger partial charge in [0.15, 0.2) is 6.10 Å². The second kappa shape index (κ2) is 10.0. The maximum absolute atomic E-state index is 13.3. The van der Waals surface area contributed by atoms with Crippen molar-refractivity contribution in [2.24, 2.45) is 0 Å². The van der Waals surface area contributed by atoms with Crippen LogP contribution in [0.5, 0.6) is 5.75 Å². The number of rotatable bonds is 6. The van der Waals surface area contributed by atoms with E-state index < -0.39 is 12.1 Å². The number of nitrogens with zero attached hydrogens (tertiary/aromatic N) is 1. The van der Waals surface area contributed by atoms with Crippen LogP contribution in [0.25, 0.3) is 11.1 Å². The summed E-state index contributed by atoms with van der Waals surface area (Å²) in [6.45, 7) is 3.09. The number of amides is 1. The quantitative estimate of drug-likeness (QED) is 0.475. The van der Waals surface area contributed by atoms with E-state index in [4.69, 9.17) is 9.47 Å². The summed E-state index contributed by atoms with van der Waals surface area (Å²) in [7, 11) is 1.35. The number of esters is 1. The minimum Gasteiger partial charge on any atom is -0.479 e. The third-order valence-electron chi connectivity index (χ3n) is 5.85. The molecule has 5 nitrogen and oxygen atoms in total. The molecule has 0 spiro atoms. The maximum Gasteiger partial charge on any atom is 0.346 e. The fourth-order valence-electron chi connectivity index (χ4n) is 4.14. The van der Waals surface area contributed by atoms with Crippen molar-refractivity contribution in [2.75, 3.05) is 20.2 Å². The Balaban J connectivity index is 1.47. The zero-order chi connectivity index (χ0) is 22.5. The molecule has 1 aliphatic rings. The molecule has 0 aliphatic carbocycles. The van der Waals surface area contributed by atoms with Gasteiger partial charge in [0, 0.05) is 24.6 Å². The average Bonchev–Trinajstić information content (AvgIpc) is 3.38. The topological polar surface area (TPSA) is 55.8 Å². The van der Waals surface area contributed by atoms with Gasteiger partial charge in [-0.25, -0.2) is 4.79 Å². The Morgan fingerprint density at radius 3 is 2.72 bits per heavy atom. The summed E-state index contributed by atoms with van der Waals surface area (Å²) in [5, 5.41) is 4.14. The number of ether oxygens (including phenoxy) is 2. The van der Waals surface area contributed by atoms with Crippen molar-refractivity contribution in [1.82, 2.24) is 4.90 Å². The number of methoxy groups -OCH3 is 1. The van der Waals surface area contributed by atoms with Crippen LogP contribution < -0.4 is 4.74 Å². The molecule has 1 fully saturated rings. The minimum atomic E-state index is -0.671. The van der Waals surface area contributed by atoms with E-state index in [9.17, 15) is 9.59 Å². The second-order valence-corrected chi connectivity index (χ2v) is 8.82. The summed E-state index contributed by atoms with van der Waals surface area (Å²) in [5.41, 5.74) is 4.04. The molecule has 1 saturated heterocycles. The van der Waals surface area contributed by atoms with E-state index in [2.05, 4.69) is 17.5 Å². The van der Waals surface area contributed by atoms with Crippen molar-refractivity contribution in [2.45, 2.75) is 31.8 Å². The molecule has 2 aromatic carbocycles. The van der Waals surface area contributed by atoms with Gasteiger partial charge in [-0.3, -0.25) is 4.79 Å². The minimum absolute atomic E-state index is 0.0681. The van der Waals surface area contributed by atoms with E-state index in [0.717, 1.165) is 41.6 Å². The molecular weight excluding hydrogens is 422 g/mol. The number of hydrogen-bond donors (Lipinski definition) is 0. The number of benzene rings is 2. The standard InChI is InChI=1S/C26H27NO4S/c1-18(26(29)30-2)31-24-10-4-7-20(15-24)22-9-5-12-27(16-22)25(28)21-8-3-6-19(14-21)23-11-13-32-17-23/h3-4,6-8,10-11,13-15,17-18,22H,5,9,12,16H2,1-2H3. The van der Waals surface area contributed by atoms with E-state index in [1.807, 2.05) is 52.7 Å². The number of hydrogen-bond acceptors (Lipinski definition) is 5. The van der Waals surface area contributed by atoms with Crippen molar-refractivity contribution in [3.63, 3.8) is 0 Å². The summed E-state index contributed by atoms with van der Waals surface area (Å²) in [6, 6.07) is 17.7. The predicted octanol–water partition coefficient (Wildman–Crippen LogP) is 5.38. The molecule has 0 bridgehead atoms. The lowest BCUT2D eigenvalue weighted by Gasteiger charge is -2.33. The Labute approximate surface area is 192 Å². The zero-order valence-corrected chi connectivity index (χ0v) is 19.1. The van der Waals surface area contributed by atoms with E-state index >= 15 is 0 Å². The lowest BCUT2D eigenvalue weighted by Crippen LogP contribution is -2.39. The molecule has 2 heterocycles. The molecule has 4 rings (SSSR count). The largest absolute Gasteiger partial charge is 0.479 e. The van der Waals surface area contributed by atoms with Crippen LogP contribution in [0.2, 0.25) is 0 Å². The van der Waals surface area contributed by atoms with Crippen molar-refractivity contribution in [3.05, 3.63) is 76.5 Å². The van der Waals surface area contributed by atoms with E-state index in [1.165, 1.54) is 7.11 Å². The van der Waals surface area contributed by atoms with Gasteiger partial charge in [-0.1, -0.05) is 24.3 Å². The SMILES string of the molecule is COC(=O)C(C)Oc1cccc(C2CCCN(C(=O)c3cccc(-c4ccsc4)c3)C2)c1. The predicted molar refractivity (Wildman–Crippen MR) is 126 cm³/mol. The molecule has 0 saturated carbocycles. The van der Waals surface area contributed by atoms with Crippen LogP contribution in [0.4, 0.5) is 0 Å². The van der Waals surface area contributed by atoms with Crippen LogP contribution >= 0.6 is 11.3 Å². The summed E-state index contributed by atoms with van der Waals surface area (Å²) in [5.74, 6) is 0.519. The number of likely N-dealkylation sites (tertiary alicyclic amines) is 1. The molecule has 1 aliphatic heterocycles. The van der Waals surface area contributed by atoms with Crippen molar-refractivity contribution >= 4 is 23.2 Å². The molecule has 1 amide bonds. The van der Waals surface area contributed by atoms with Gasteiger partial charge in [0.25, 0.3) is 5.91 Å². The highest BCUT2D eigenvalue weighted by atomic mass is 32.1. The average molecular weight is 450 g/mol. The van der Waals surface area contributed by atoms with Crippen LogP contribution in [0.3, 0.4) is 0 Å². The lowest BCUT2D eigenvalue weighted by atomic mass is 9.90. The number of piperidine rings is 1. The van der Waals surface area contributed by atoms with Crippen LogP contribution in [0, 0.1) is 0 Å². The molecule has 1 aromatic heterocycles. The molecule has 2 atom stereocenters. The van der Waals surface area contributed by atoms with Gasteiger partial charge in [0.2, 0.25) is 0 Å². The molecule has 0 radical (unpaired) electrons. The highest BCUT2D eigenvalue weighted by Crippen LogP contribution is 2.31. The van der Waals surface area contributed by atoms with E-state index in [0.29, 0.717) is 12.3 Å². The van der Waals surface area contributed by atoms with E-state index in [-0.39, 0.29) is 11.8 Å². The van der Waals surface area contributed by atoms with Gasteiger partial charge >= 0.3 is 5.97 Å². The highest BCUT2D eigenvalue weighted by molar-refractivity contribution is 7.08. The Morgan fingerprint density at radius 1 is 1.09 bits per heavy atom. The van der Waals surface area contributed by atoms with Crippen molar-refractivity contribution < 1.29 is 19.1 Å². The summed E-state index contributed by atoms with van der Waals surface area (Å²) < 4.78 is 10.5. The van der Waals surface area contributed by atoms with Crippen LogP contribution in [0.15, 0.2) is 65.4 Å². The smallest absolute Gasteiger partial charge is 0.346 e. The van der Waals surface area contributed by atoms with Gasteiger partial charge < -0.3 is 14.4 Å². The van der Waals surface area contributed by atoms with Gasteiger partial charge in [-0.15, -0.1) is 0 Å². The first-order chi connectivity index (χ1) is 15.5. The number of carbonyl (C=O) groups excluding carboxylic acids is 2. The lowest BCUT2D eigenvalue weighted by molar-refractivity contribution is -0.147. The molecule has 0 N–H and O–H groups in total.